The highest BCUT2D eigenvalue weighted by molar-refractivity contribution is 5.94. The molecular formula is C14H21N3O3. The number of nitrogens with two attached hydrogens (primary N) is 2. The molecule has 0 saturated heterocycles. The van der Waals surface area contributed by atoms with E-state index in [9.17, 15) is 9.59 Å². The van der Waals surface area contributed by atoms with Gasteiger partial charge in [-0.15, -0.1) is 0 Å². The lowest BCUT2D eigenvalue weighted by atomic mass is 9.99. The lowest BCUT2D eigenvalue weighted by Gasteiger charge is -2.17. The van der Waals surface area contributed by atoms with Crippen molar-refractivity contribution in [3.8, 4) is 5.75 Å². The molecule has 0 fully saturated rings. The van der Waals surface area contributed by atoms with E-state index in [2.05, 4.69) is 5.32 Å². The molecule has 6 nitrogen and oxygen atoms in total. The van der Waals surface area contributed by atoms with E-state index in [0.29, 0.717) is 11.4 Å². The van der Waals surface area contributed by atoms with Crippen LogP contribution in [-0.2, 0) is 9.59 Å². The molecule has 0 aliphatic carbocycles. The Morgan fingerprint density at radius 2 is 1.90 bits per heavy atom. The first-order valence-corrected chi connectivity index (χ1v) is 6.51. The van der Waals surface area contributed by atoms with Crippen molar-refractivity contribution in [1.82, 2.24) is 0 Å². The van der Waals surface area contributed by atoms with Gasteiger partial charge in [-0.1, -0.05) is 20.3 Å². The number of hydrogen-bond acceptors (Lipinski definition) is 4. The Balaban J connectivity index is 2.56. The van der Waals surface area contributed by atoms with Crippen LogP contribution < -0.4 is 21.5 Å². The van der Waals surface area contributed by atoms with Crippen LogP contribution in [0.15, 0.2) is 24.3 Å². The molecule has 0 radical (unpaired) electrons. The van der Waals surface area contributed by atoms with E-state index < -0.39 is 11.9 Å². The number of rotatable bonds is 7. The largest absolute Gasteiger partial charge is 0.484 e. The summed E-state index contributed by atoms with van der Waals surface area (Å²) in [7, 11) is 0. The second-order valence-corrected chi connectivity index (χ2v) is 4.68. The Kier molecular flexibility index (Phi) is 5.99. The van der Waals surface area contributed by atoms with E-state index in [4.69, 9.17) is 16.2 Å². The van der Waals surface area contributed by atoms with Crippen molar-refractivity contribution in [3.05, 3.63) is 24.3 Å². The molecule has 6 heteroatoms. The molecule has 1 aromatic carbocycles. The van der Waals surface area contributed by atoms with Crippen LogP contribution in [0.2, 0.25) is 0 Å². The molecule has 2 amide bonds. The fourth-order valence-electron chi connectivity index (χ4n) is 1.53. The Bertz CT molecular complexity index is 459. The van der Waals surface area contributed by atoms with E-state index in [0.717, 1.165) is 6.42 Å². The molecule has 5 N–H and O–H groups in total. The van der Waals surface area contributed by atoms with Crippen molar-refractivity contribution in [2.45, 2.75) is 26.3 Å². The zero-order valence-corrected chi connectivity index (χ0v) is 11.8. The number of primary amides is 1. The van der Waals surface area contributed by atoms with E-state index >= 15 is 0 Å². The summed E-state index contributed by atoms with van der Waals surface area (Å²) in [6.45, 7) is 3.75. The standard InChI is InChI=1S/C14H21N3O3/c1-3-9(2)13(16)14(19)17-10-4-6-11(7-5-10)20-8-12(15)18/h4-7,9,13H,3,8,16H2,1-2H3,(H2,15,18)(H,17,19)/t9-,13-/m0/s1. The van der Waals surface area contributed by atoms with Gasteiger partial charge >= 0.3 is 0 Å². The van der Waals surface area contributed by atoms with E-state index in [1.807, 2.05) is 13.8 Å². The van der Waals surface area contributed by atoms with Crippen molar-refractivity contribution >= 4 is 17.5 Å². The maximum absolute atomic E-state index is 11.9. The summed E-state index contributed by atoms with van der Waals surface area (Å²) < 4.78 is 5.12. The Hall–Kier alpha value is -2.08. The Morgan fingerprint density at radius 3 is 2.40 bits per heavy atom. The van der Waals surface area contributed by atoms with Gasteiger partial charge in [-0.2, -0.15) is 0 Å². The molecular weight excluding hydrogens is 258 g/mol. The molecule has 0 aliphatic heterocycles. The predicted molar refractivity (Wildman–Crippen MR) is 77.2 cm³/mol. The molecule has 2 atom stereocenters. The highest BCUT2D eigenvalue weighted by Crippen LogP contribution is 2.16. The van der Waals surface area contributed by atoms with Crippen LogP contribution in [0.1, 0.15) is 20.3 Å². The predicted octanol–water partition coefficient (Wildman–Crippen LogP) is 0.863. The van der Waals surface area contributed by atoms with Crippen molar-refractivity contribution in [3.63, 3.8) is 0 Å². The first-order chi connectivity index (χ1) is 9.43. The van der Waals surface area contributed by atoms with Gasteiger partial charge in [0.15, 0.2) is 6.61 Å². The quantitative estimate of drug-likeness (QED) is 0.688. The lowest BCUT2D eigenvalue weighted by Crippen LogP contribution is -2.40. The van der Waals surface area contributed by atoms with Crippen LogP contribution >= 0.6 is 0 Å². The first kappa shape index (κ1) is 16.0. The summed E-state index contributed by atoms with van der Waals surface area (Å²) in [5, 5.41) is 2.74. The number of anilines is 1. The van der Waals surface area contributed by atoms with Gasteiger partial charge in [0.1, 0.15) is 5.75 Å². The second kappa shape index (κ2) is 7.49. The van der Waals surface area contributed by atoms with Crippen molar-refractivity contribution in [1.29, 1.82) is 0 Å². The van der Waals surface area contributed by atoms with Gasteiger partial charge in [0.05, 0.1) is 6.04 Å². The van der Waals surface area contributed by atoms with Crippen LogP contribution in [0.5, 0.6) is 5.75 Å². The maximum Gasteiger partial charge on any atom is 0.255 e. The SMILES string of the molecule is CC[C@H](C)[C@H](N)C(=O)Nc1ccc(OCC(N)=O)cc1. The zero-order chi connectivity index (χ0) is 15.1. The monoisotopic (exact) mass is 279 g/mol. The molecule has 1 aromatic rings. The summed E-state index contributed by atoms with van der Waals surface area (Å²) >= 11 is 0. The number of hydrogen-bond donors (Lipinski definition) is 3. The normalized spacial score (nSPS) is 13.3. The summed E-state index contributed by atoms with van der Waals surface area (Å²) in [6, 6.07) is 6.11. The second-order valence-electron chi connectivity index (χ2n) is 4.68. The number of benzene rings is 1. The lowest BCUT2D eigenvalue weighted by molar-refractivity contribution is -0.120. The smallest absolute Gasteiger partial charge is 0.255 e. The van der Waals surface area contributed by atoms with Crippen molar-refractivity contribution < 1.29 is 14.3 Å². The van der Waals surface area contributed by atoms with Gasteiger partial charge in [0.25, 0.3) is 5.91 Å². The molecule has 0 spiro atoms. The molecule has 0 heterocycles. The number of carbonyl (C=O) groups excluding carboxylic acids is 2. The van der Waals surface area contributed by atoms with Crippen LogP contribution in [0.25, 0.3) is 0 Å². The van der Waals surface area contributed by atoms with Gasteiger partial charge in [0, 0.05) is 5.69 Å². The minimum atomic E-state index is -0.540. The number of amides is 2. The van der Waals surface area contributed by atoms with Gasteiger partial charge < -0.3 is 21.5 Å². The maximum atomic E-state index is 11.9. The molecule has 0 unspecified atom stereocenters. The summed E-state index contributed by atoms with van der Waals surface area (Å²) in [4.78, 5) is 22.5. The molecule has 0 aliphatic rings. The van der Waals surface area contributed by atoms with Gasteiger partial charge in [-0.25, -0.2) is 0 Å². The molecule has 0 aromatic heterocycles. The highest BCUT2D eigenvalue weighted by atomic mass is 16.5. The van der Waals surface area contributed by atoms with Crippen molar-refractivity contribution in [2.24, 2.45) is 17.4 Å². The third-order valence-electron chi connectivity index (χ3n) is 3.06. The number of nitrogens with one attached hydrogen (secondary N) is 1. The molecule has 1 rings (SSSR count). The molecule has 110 valence electrons. The van der Waals surface area contributed by atoms with Crippen LogP contribution in [0, 0.1) is 5.92 Å². The fraction of sp³-hybridized carbons (Fsp3) is 0.429. The fourth-order valence-corrected chi connectivity index (χ4v) is 1.53. The van der Waals surface area contributed by atoms with Crippen LogP contribution in [-0.4, -0.2) is 24.5 Å². The van der Waals surface area contributed by atoms with E-state index in [1.54, 1.807) is 24.3 Å². The summed E-state index contributed by atoms with van der Waals surface area (Å²) in [6.07, 6.45) is 0.842. The minimum absolute atomic E-state index is 0.119. The summed E-state index contributed by atoms with van der Waals surface area (Å²) in [5.41, 5.74) is 11.4. The minimum Gasteiger partial charge on any atom is -0.484 e. The zero-order valence-electron chi connectivity index (χ0n) is 11.8. The Labute approximate surface area is 118 Å². The van der Waals surface area contributed by atoms with Gasteiger partial charge in [-0.3, -0.25) is 9.59 Å². The van der Waals surface area contributed by atoms with E-state index in [-0.39, 0.29) is 18.4 Å². The first-order valence-electron chi connectivity index (χ1n) is 6.51. The molecule has 0 bridgehead atoms. The third kappa shape index (κ3) is 4.89. The van der Waals surface area contributed by atoms with Crippen LogP contribution in [0.4, 0.5) is 5.69 Å². The summed E-state index contributed by atoms with van der Waals surface area (Å²) in [5.74, 6) is -0.131. The third-order valence-corrected chi connectivity index (χ3v) is 3.06. The van der Waals surface area contributed by atoms with Gasteiger partial charge in [-0.05, 0) is 30.2 Å². The Morgan fingerprint density at radius 1 is 1.30 bits per heavy atom. The van der Waals surface area contributed by atoms with Crippen LogP contribution in [0.3, 0.4) is 0 Å². The number of ether oxygens (including phenoxy) is 1. The average Bonchev–Trinajstić information content (AvgIpc) is 2.44. The van der Waals surface area contributed by atoms with Gasteiger partial charge in [0.2, 0.25) is 5.91 Å². The topological polar surface area (TPSA) is 107 Å². The molecule has 0 saturated carbocycles. The highest BCUT2D eigenvalue weighted by Gasteiger charge is 2.19. The molecule has 20 heavy (non-hydrogen) atoms. The number of carbonyl (C=O) groups is 2. The van der Waals surface area contributed by atoms with E-state index in [1.165, 1.54) is 0 Å². The average molecular weight is 279 g/mol. The van der Waals surface area contributed by atoms with Crippen molar-refractivity contribution in [2.75, 3.05) is 11.9 Å².